The molecule has 0 aliphatic rings. The first-order valence-electron chi connectivity index (χ1n) is 9.30. The molecule has 0 bridgehead atoms. The van der Waals surface area contributed by atoms with Crippen LogP contribution < -0.4 is 5.32 Å². The van der Waals surface area contributed by atoms with Crippen LogP contribution in [0.25, 0.3) is 21.9 Å². The van der Waals surface area contributed by atoms with Gasteiger partial charge in [-0.05, 0) is 37.1 Å². The number of nitrogens with zero attached hydrogens (tertiary/aromatic N) is 4. The summed E-state index contributed by atoms with van der Waals surface area (Å²) in [6.45, 7) is 4.16. The van der Waals surface area contributed by atoms with E-state index in [1.54, 1.807) is 0 Å². The fraction of sp³-hybridized carbons (Fsp3) is 0.286. The van der Waals surface area contributed by atoms with Gasteiger partial charge in [0, 0.05) is 24.9 Å². The minimum absolute atomic E-state index is 0.0572. The van der Waals surface area contributed by atoms with Gasteiger partial charge < -0.3 is 9.88 Å². The van der Waals surface area contributed by atoms with Crippen molar-refractivity contribution >= 4 is 27.8 Å². The second kappa shape index (κ2) is 7.61. The van der Waals surface area contributed by atoms with Crippen molar-refractivity contribution in [3.63, 3.8) is 0 Å². The maximum atomic E-state index is 12.1. The standard InChI is InChI=1S/C21H23N5O/c1-16-6-4-9-19-17(16)14-24-26(19)13-10-21(27)22-11-5-12-25-15-23-18-7-2-3-8-20(18)25/h2-4,6-9,14-15H,5,10-13H2,1H3,(H,22,27). The van der Waals surface area contributed by atoms with Crippen LogP contribution >= 0.6 is 0 Å². The molecule has 2 aromatic heterocycles. The zero-order valence-corrected chi connectivity index (χ0v) is 15.4. The predicted molar refractivity (Wildman–Crippen MR) is 106 cm³/mol. The third kappa shape index (κ3) is 3.69. The molecule has 0 fully saturated rings. The molecule has 6 nitrogen and oxygen atoms in total. The second-order valence-corrected chi connectivity index (χ2v) is 6.76. The first-order valence-corrected chi connectivity index (χ1v) is 9.30. The molecule has 0 saturated heterocycles. The van der Waals surface area contributed by atoms with Gasteiger partial charge in [-0.3, -0.25) is 9.48 Å². The number of carbonyl (C=O) groups is 1. The number of carbonyl (C=O) groups excluding carboxylic acids is 1. The Morgan fingerprint density at radius 1 is 1.07 bits per heavy atom. The summed E-state index contributed by atoms with van der Waals surface area (Å²) in [7, 11) is 0. The molecular weight excluding hydrogens is 338 g/mol. The van der Waals surface area contributed by atoms with E-state index in [-0.39, 0.29) is 5.91 Å². The molecule has 0 atom stereocenters. The largest absolute Gasteiger partial charge is 0.356 e. The lowest BCUT2D eigenvalue weighted by molar-refractivity contribution is -0.121. The van der Waals surface area contributed by atoms with Crippen LogP contribution in [0.1, 0.15) is 18.4 Å². The smallest absolute Gasteiger partial charge is 0.221 e. The van der Waals surface area contributed by atoms with Gasteiger partial charge in [0.25, 0.3) is 0 Å². The van der Waals surface area contributed by atoms with Crippen molar-refractivity contribution in [1.29, 1.82) is 0 Å². The first-order chi connectivity index (χ1) is 13.2. The number of hydrogen-bond donors (Lipinski definition) is 1. The minimum Gasteiger partial charge on any atom is -0.356 e. The van der Waals surface area contributed by atoms with Gasteiger partial charge in [0.1, 0.15) is 0 Å². The van der Waals surface area contributed by atoms with Crippen LogP contribution in [0.2, 0.25) is 0 Å². The molecule has 2 heterocycles. The van der Waals surface area contributed by atoms with Crippen molar-refractivity contribution in [2.45, 2.75) is 32.9 Å². The highest BCUT2D eigenvalue weighted by atomic mass is 16.1. The fourth-order valence-corrected chi connectivity index (χ4v) is 3.39. The molecular formula is C21H23N5O. The molecule has 0 saturated carbocycles. The summed E-state index contributed by atoms with van der Waals surface area (Å²) in [5.41, 5.74) is 4.41. The lowest BCUT2D eigenvalue weighted by Gasteiger charge is -2.07. The van der Waals surface area contributed by atoms with Crippen molar-refractivity contribution in [2.75, 3.05) is 6.54 Å². The van der Waals surface area contributed by atoms with Crippen LogP contribution in [-0.2, 0) is 17.9 Å². The minimum atomic E-state index is 0.0572. The van der Waals surface area contributed by atoms with Gasteiger partial charge in [0.15, 0.2) is 0 Å². The third-order valence-corrected chi connectivity index (χ3v) is 4.88. The zero-order chi connectivity index (χ0) is 18.6. The summed E-state index contributed by atoms with van der Waals surface area (Å²) >= 11 is 0. The summed E-state index contributed by atoms with van der Waals surface area (Å²) in [6, 6.07) is 14.2. The molecule has 1 amide bonds. The molecule has 27 heavy (non-hydrogen) atoms. The number of amides is 1. The number of aromatic nitrogens is 4. The van der Waals surface area contributed by atoms with E-state index in [9.17, 15) is 4.79 Å². The fourth-order valence-electron chi connectivity index (χ4n) is 3.39. The maximum absolute atomic E-state index is 12.1. The van der Waals surface area contributed by atoms with Crippen molar-refractivity contribution in [3.05, 3.63) is 60.6 Å². The molecule has 138 valence electrons. The second-order valence-electron chi connectivity index (χ2n) is 6.76. The van der Waals surface area contributed by atoms with E-state index in [1.165, 1.54) is 5.56 Å². The number of hydrogen-bond acceptors (Lipinski definition) is 3. The number of aryl methyl sites for hydroxylation is 3. The van der Waals surface area contributed by atoms with Crippen LogP contribution in [0.15, 0.2) is 55.0 Å². The molecule has 0 spiro atoms. The lowest BCUT2D eigenvalue weighted by Crippen LogP contribution is -2.26. The number of para-hydroxylation sites is 2. The SMILES string of the molecule is Cc1cccc2c1cnn2CCC(=O)NCCCn1cnc2ccccc21. The topological polar surface area (TPSA) is 64.7 Å². The van der Waals surface area contributed by atoms with E-state index in [0.717, 1.165) is 34.9 Å². The highest BCUT2D eigenvalue weighted by Gasteiger charge is 2.07. The van der Waals surface area contributed by atoms with E-state index in [4.69, 9.17) is 0 Å². The number of nitrogens with one attached hydrogen (secondary N) is 1. The molecule has 4 aromatic rings. The Hall–Kier alpha value is -3.15. The number of benzene rings is 2. The van der Waals surface area contributed by atoms with Crippen LogP contribution in [-0.4, -0.2) is 31.8 Å². The Morgan fingerprint density at radius 3 is 2.85 bits per heavy atom. The van der Waals surface area contributed by atoms with Gasteiger partial charge in [-0.1, -0.05) is 24.3 Å². The van der Waals surface area contributed by atoms with E-state index < -0.39 is 0 Å². The summed E-state index contributed by atoms with van der Waals surface area (Å²) < 4.78 is 4.03. The molecule has 1 N–H and O–H groups in total. The first kappa shape index (κ1) is 17.3. The molecule has 0 unspecified atom stereocenters. The highest BCUT2D eigenvalue weighted by molar-refractivity contribution is 5.82. The summed E-state index contributed by atoms with van der Waals surface area (Å²) in [6.07, 6.45) is 5.03. The predicted octanol–water partition coefficient (Wildman–Crippen LogP) is 3.29. The number of rotatable bonds is 7. The highest BCUT2D eigenvalue weighted by Crippen LogP contribution is 2.17. The average molecular weight is 361 g/mol. The Bertz CT molecular complexity index is 1080. The number of imidazole rings is 1. The monoisotopic (exact) mass is 361 g/mol. The molecule has 6 heteroatoms. The van der Waals surface area contributed by atoms with Gasteiger partial charge in [-0.25, -0.2) is 4.98 Å². The van der Waals surface area contributed by atoms with E-state index in [0.29, 0.717) is 19.5 Å². The maximum Gasteiger partial charge on any atom is 0.221 e. The summed E-state index contributed by atoms with van der Waals surface area (Å²) in [5, 5.41) is 8.56. The van der Waals surface area contributed by atoms with E-state index >= 15 is 0 Å². The van der Waals surface area contributed by atoms with E-state index in [2.05, 4.69) is 39.0 Å². The van der Waals surface area contributed by atoms with Gasteiger partial charge in [-0.15, -0.1) is 0 Å². The quantitative estimate of drug-likeness (QED) is 0.514. The van der Waals surface area contributed by atoms with Gasteiger partial charge >= 0.3 is 0 Å². The van der Waals surface area contributed by atoms with Gasteiger partial charge in [0.2, 0.25) is 5.91 Å². The molecule has 0 aliphatic heterocycles. The molecule has 0 radical (unpaired) electrons. The summed E-state index contributed by atoms with van der Waals surface area (Å²) in [5.74, 6) is 0.0572. The van der Waals surface area contributed by atoms with Crippen LogP contribution in [0.4, 0.5) is 0 Å². The molecule has 4 rings (SSSR count). The van der Waals surface area contributed by atoms with E-state index in [1.807, 2.05) is 47.5 Å². The number of fused-ring (bicyclic) bond motifs is 2. The summed E-state index contributed by atoms with van der Waals surface area (Å²) in [4.78, 5) is 16.5. The normalized spacial score (nSPS) is 11.3. The van der Waals surface area contributed by atoms with Crippen molar-refractivity contribution in [2.24, 2.45) is 0 Å². The van der Waals surface area contributed by atoms with Crippen LogP contribution in [0.5, 0.6) is 0 Å². The molecule has 0 aliphatic carbocycles. The van der Waals surface area contributed by atoms with Crippen LogP contribution in [0, 0.1) is 6.92 Å². The molecule has 2 aromatic carbocycles. The Morgan fingerprint density at radius 2 is 1.93 bits per heavy atom. The van der Waals surface area contributed by atoms with Crippen LogP contribution in [0.3, 0.4) is 0 Å². The average Bonchev–Trinajstić information content (AvgIpc) is 3.29. The van der Waals surface area contributed by atoms with Gasteiger partial charge in [-0.2, -0.15) is 5.10 Å². The lowest BCUT2D eigenvalue weighted by atomic mass is 10.1. The van der Waals surface area contributed by atoms with Crippen molar-refractivity contribution < 1.29 is 4.79 Å². The van der Waals surface area contributed by atoms with Gasteiger partial charge in [0.05, 0.1) is 35.6 Å². The third-order valence-electron chi connectivity index (χ3n) is 4.88. The van der Waals surface area contributed by atoms with Crippen molar-refractivity contribution in [3.8, 4) is 0 Å². The zero-order valence-electron chi connectivity index (χ0n) is 15.4. The van der Waals surface area contributed by atoms with Crippen molar-refractivity contribution in [1.82, 2.24) is 24.6 Å². The Labute approximate surface area is 157 Å². The Balaban J connectivity index is 1.24. The Kier molecular flexibility index (Phi) is 4.87.